The predicted octanol–water partition coefficient (Wildman–Crippen LogP) is -0.437. The number of hydrogen-bond donors (Lipinski definition) is 1. The molecule has 1 saturated heterocycles. The normalized spacial score (nSPS) is 23.1. The first-order valence-electron chi connectivity index (χ1n) is 6.06. The number of sulfonamides is 1. The van der Waals surface area contributed by atoms with Gasteiger partial charge in [-0.1, -0.05) is 0 Å². The van der Waals surface area contributed by atoms with Crippen LogP contribution in [0.25, 0.3) is 0 Å². The number of nitrogens with two attached hydrogens (primary N) is 1. The monoisotopic (exact) mass is 298 g/mol. The molecule has 0 aromatic rings. The Hall–Kier alpha value is -0.180. The van der Waals surface area contributed by atoms with Gasteiger partial charge in [-0.3, -0.25) is 0 Å². The molecule has 0 radical (unpaired) electrons. The van der Waals surface area contributed by atoms with Crippen LogP contribution < -0.4 is 5.73 Å². The highest BCUT2D eigenvalue weighted by atomic mass is 32.2. The van der Waals surface area contributed by atoms with Gasteiger partial charge in [0.15, 0.2) is 0 Å². The van der Waals surface area contributed by atoms with Crippen molar-refractivity contribution >= 4 is 19.9 Å². The lowest BCUT2D eigenvalue weighted by atomic mass is 10.2. The zero-order valence-corrected chi connectivity index (χ0v) is 12.5. The van der Waals surface area contributed by atoms with E-state index in [-0.39, 0.29) is 30.4 Å². The van der Waals surface area contributed by atoms with E-state index in [1.54, 1.807) is 0 Å². The molecular formula is C10H22N2O4S2. The molecule has 1 aliphatic heterocycles. The molecule has 0 aliphatic carbocycles. The van der Waals surface area contributed by atoms with E-state index in [1.807, 2.05) is 6.92 Å². The molecule has 108 valence electrons. The summed E-state index contributed by atoms with van der Waals surface area (Å²) in [5.41, 5.74) is 5.60. The van der Waals surface area contributed by atoms with Crippen LogP contribution in [0.1, 0.15) is 26.2 Å². The quantitative estimate of drug-likeness (QED) is 0.742. The molecule has 0 aromatic heterocycles. The fourth-order valence-corrected chi connectivity index (χ4v) is 5.42. The molecule has 18 heavy (non-hydrogen) atoms. The molecule has 8 heteroatoms. The molecule has 0 aromatic carbocycles. The van der Waals surface area contributed by atoms with Gasteiger partial charge in [-0.15, -0.1) is 0 Å². The van der Waals surface area contributed by atoms with Crippen molar-refractivity contribution < 1.29 is 16.8 Å². The Morgan fingerprint density at radius 2 is 1.83 bits per heavy atom. The molecule has 6 nitrogen and oxygen atoms in total. The summed E-state index contributed by atoms with van der Waals surface area (Å²) in [4.78, 5) is 0. The first-order chi connectivity index (χ1) is 8.15. The minimum atomic E-state index is -3.39. The molecular weight excluding hydrogens is 276 g/mol. The molecule has 1 aliphatic rings. The minimum Gasteiger partial charge on any atom is -0.328 e. The second kappa shape index (κ2) is 5.85. The lowest BCUT2D eigenvalue weighted by Gasteiger charge is -2.27. The van der Waals surface area contributed by atoms with Gasteiger partial charge in [0.1, 0.15) is 9.84 Å². The second-order valence-corrected chi connectivity index (χ2v) is 9.61. The average molecular weight is 298 g/mol. The molecule has 1 rings (SSSR count). The van der Waals surface area contributed by atoms with Crippen LogP contribution in [0.3, 0.4) is 0 Å². The van der Waals surface area contributed by atoms with Crippen LogP contribution in [0, 0.1) is 0 Å². The van der Waals surface area contributed by atoms with E-state index in [4.69, 9.17) is 5.73 Å². The van der Waals surface area contributed by atoms with E-state index < -0.39 is 25.1 Å². The van der Waals surface area contributed by atoms with Crippen LogP contribution in [-0.2, 0) is 19.9 Å². The molecule has 1 fully saturated rings. The zero-order chi connectivity index (χ0) is 14.0. The summed E-state index contributed by atoms with van der Waals surface area (Å²) < 4.78 is 48.3. The average Bonchev–Trinajstić information content (AvgIpc) is 2.25. The molecule has 2 N–H and O–H groups in total. The first kappa shape index (κ1) is 15.9. The second-order valence-electron chi connectivity index (χ2n) is 4.98. The van der Waals surface area contributed by atoms with Gasteiger partial charge in [0.05, 0.1) is 16.8 Å². The summed E-state index contributed by atoms with van der Waals surface area (Å²) >= 11 is 0. The van der Waals surface area contributed by atoms with Gasteiger partial charge in [0.25, 0.3) is 0 Å². The van der Waals surface area contributed by atoms with E-state index in [9.17, 15) is 16.8 Å². The summed E-state index contributed by atoms with van der Waals surface area (Å²) in [7, 11) is -4.90. The van der Waals surface area contributed by atoms with Crippen molar-refractivity contribution in [1.29, 1.82) is 0 Å². The Morgan fingerprint density at radius 1 is 1.33 bits per heavy atom. The lowest BCUT2D eigenvalue weighted by molar-refractivity contribution is 0.433. The summed E-state index contributed by atoms with van der Waals surface area (Å²) in [6.07, 6.45) is 1.00. The van der Waals surface area contributed by atoms with Crippen LogP contribution in [0.2, 0.25) is 0 Å². The van der Waals surface area contributed by atoms with Gasteiger partial charge in [-0.05, 0) is 26.2 Å². The Bertz CT molecular complexity index is 456. The van der Waals surface area contributed by atoms with Crippen molar-refractivity contribution in [2.75, 3.05) is 25.1 Å². The van der Waals surface area contributed by atoms with Crippen molar-refractivity contribution in [2.45, 2.75) is 37.5 Å². The number of sulfone groups is 1. The molecule has 1 heterocycles. The fraction of sp³-hybridized carbons (Fsp3) is 1.00. The highest BCUT2D eigenvalue weighted by Crippen LogP contribution is 2.21. The Labute approximate surface area is 110 Å². The van der Waals surface area contributed by atoms with Crippen LogP contribution in [0.15, 0.2) is 0 Å². The number of nitrogens with zero attached hydrogens (tertiary/aromatic N) is 1. The topological polar surface area (TPSA) is 97.5 Å². The third kappa shape index (κ3) is 4.18. The SMILES string of the molecule is CC(N)CCN(C)S(=O)(=O)C1CCS(=O)(=O)CC1. The zero-order valence-electron chi connectivity index (χ0n) is 10.9. The van der Waals surface area contributed by atoms with Crippen molar-refractivity contribution in [3.63, 3.8) is 0 Å². The van der Waals surface area contributed by atoms with Crippen molar-refractivity contribution in [1.82, 2.24) is 4.31 Å². The van der Waals surface area contributed by atoms with Crippen molar-refractivity contribution in [2.24, 2.45) is 5.73 Å². The third-order valence-electron chi connectivity index (χ3n) is 3.26. The Morgan fingerprint density at radius 3 is 2.28 bits per heavy atom. The van der Waals surface area contributed by atoms with Gasteiger partial charge in [0.2, 0.25) is 10.0 Å². The highest BCUT2D eigenvalue weighted by Gasteiger charge is 2.35. The number of rotatable bonds is 5. The summed E-state index contributed by atoms with van der Waals surface area (Å²) in [6.45, 7) is 2.21. The van der Waals surface area contributed by atoms with Gasteiger partial charge in [0, 0.05) is 19.6 Å². The fourth-order valence-electron chi connectivity index (χ4n) is 1.93. The predicted molar refractivity (Wildman–Crippen MR) is 71.5 cm³/mol. The Balaban J connectivity index is 2.64. The lowest BCUT2D eigenvalue weighted by Crippen LogP contribution is -2.42. The van der Waals surface area contributed by atoms with Crippen LogP contribution in [-0.4, -0.2) is 57.5 Å². The van der Waals surface area contributed by atoms with Gasteiger partial charge < -0.3 is 5.73 Å². The Kier molecular flexibility index (Phi) is 5.16. The molecule has 0 bridgehead atoms. The van der Waals surface area contributed by atoms with E-state index in [0.717, 1.165) is 0 Å². The largest absolute Gasteiger partial charge is 0.328 e. The molecule has 1 unspecified atom stereocenters. The standard InChI is InChI=1S/C10H22N2O4S2/c1-9(11)3-6-12(2)18(15,16)10-4-7-17(13,14)8-5-10/h9-10H,3-8,11H2,1-2H3. The van der Waals surface area contributed by atoms with Crippen molar-refractivity contribution in [3.05, 3.63) is 0 Å². The van der Waals surface area contributed by atoms with Crippen molar-refractivity contribution in [3.8, 4) is 0 Å². The summed E-state index contributed by atoms with van der Waals surface area (Å²) in [5.74, 6) is -0.0595. The van der Waals surface area contributed by atoms with E-state index in [0.29, 0.717) is 13.0 Å². The van der Waals surface area contributed by atoms with Gasteiger partial charge >= 0.3 is 0 Å². The molecule has 1 atom stereocenters. The maximum atomic E-state index is 12.2. The van der Waals surface area contributed by atoms with E-state index in [2.05, 4.69) is 0 Å². The summed E-state index contributed by atoms with van der Waals surface area (Å²) in [5, 5.41) is -0.570. The van der Waals surface area contributed by atoms with Crippen LogP contribution in [0.4, 0.5) is 0 Å². The van der Waals surface area contributed by atoms with Gasteiger partial charge in [-0.2, -0.15) is 0 Å². The maximum Gasteiger partial charge on any atom is 0.216 e. The minimum absolute atomic E-state index is 0.0297. The third-order valence-corrected chi connectivity index (χ3v) is 7.34. The van der Waals surface area contributed by atoms with Crippen LogP contribution in [0.5, 0.6) is 0 Å². The van der Waals surface area contributed by atoms with E-state index >= 15 is 0 Å². The van der Waals surface area contributed by atoms with Crippen LogP contribution >= 0.6 is 0 Å². The maximum absolute atomic E-state index is 12.2. The van der Waals surface area contributed by atoms with Gasteiger partial charge in [-0.25, -0.2) is 21.1 Å². The molecule has 0 saturated carbocycles. The molecule has 0 amide bonds. The summed E-state index contributed by atoms with van der Waals surface area (Å²) in [6, 6.07) is -0.0469. The number of hydrogen-bond acceptors (Lipinski definition) is 5. The molecule has 0 spiro atoms. The van der Waals surface area contributed by atoms with E-state index in [1.165, 1.54) is 11.4 Å². The highest BCUT2D eigenvalue weighted by molar-refractivity contribution is 7.92. The first-order valence-corrected chi connectivity index (χ1v) is 9.39. The smallest absolute Gasteiger partial charge is 0.216 e.